The normalized spacial score (nSPS) is 11.3. The highest BCUT2D eigenvalue weighted by atomic mass is 16.4. The van der Waals surface area contributed by atoms with E-state index >= 15 is 0 Å². The number of carboxylic acids is 1. The van der Waals surface area contributed by atoms with Crippen LogP contribution in [0.1, 0.15) is 47.3 Å². The van der Waals surface area contributed by atoms with E-state index in [0.717, 1.165) is 5.69 Å². The zero-order valence-corrected chi connectivity index (χ0v) is 14.9. The van der Waals surface area contributed by atoms with Crippen molar-refractivity contribution in [2.45, 2.75) is 40.2 Å². The summed E-state index contributed by atoms with van der Waals surface area (Å²) in [5.74, 6) is -0.959. The minimum absolute atomic E-state index is 0.121. The SMILES string of the molecule is Cc1nn(CC(=O)O)c(C)c1NC(=O)c1cc(C(C)C)n2ncnc2n1. The van der Waals surface area contributed by atoms with Crippen LogP contribution in [0.3, 0.4) is 0 Å². The van der Waals surface area contributed by atoms with E-state index in [-0.39, 0.29) is 18.2 Å². The van der Waals surface area contributed by atoms with Gasteiger partial charge in [-0.1, -0.05) is 13.8 Å². The molecule has 0 saturated heterocycles. The smallest absolute Gasteiger partial charge is 0.325 e. The second-order valence-corrected chi connectivity index (χ2v) is 6.24. The number of rotatable bonds is 5. The first-order valence-corrected chi connectivity index (χ1v) is 8.05. The van der Waals surface area contributed by atoms with Crippen molar-refractivity contribution in [3.63, 3.8) is 0 Å². The molecule has 0 atom stereocenters. The fraction of sp³-hybridized carbons (Fsp3) is 0.375. The number of amides is 1. The molecule has 0 spiro atoms. The maximum Gasteiger partial charge on any atom is 0.325 e. The maximum atomic E-state index is 12.7. The van der Waals surface area contributed by atoms with Crippen molar-refractivity contribution in [3.8, 4) is 0 Å². The van der Waals surface area contributed by atoms with Crippen LogP contribution < -0.4 is 5.32 Å². The number of anilines is 1. The third-order valence-electron chi connectivity index (χ3n) is 4.01. The van der Waals surface area contributed by atoms with Crippen LogP contribution in [0.4, 0.5) is 5.69 Å². The summed E-state index contributed by atoms with van der Waals surface area (Å²) in [7, 11) is 0. The molecule has 10 nitrogen and oxygen atoms in total. The Morgan fingerprint density at radius 2 is 2.04 bits per heavy atom. The topological polar surface area (TPSA) is 127 Å². The lowest BCUT2D eigenvalue weighted by Crippen LogP contribution is -2.17. The molecule has 0 bridgehead atoms. The van der Waals surface area contributed by atoms with E-state index in [0.29, 0.717) is 22.9 Å². The first-order valence-electron chi connectivity index (χ1n) is 8.05. The third kappa shape index (κ3) is 3.13. The number of nitrogens with one attached hydrogen (secondary N) is 1. The van der Waals surface area contributed by atoms with E-state index in [1.165, 1.54) is 11.0 Å². The van der Waals surface area contributed by atoms with Gasteiger partial charge in [0.1, 0.15) is 18.6 Å². The van der Waals surface area contributed by atoms with Gasteiger partial charge in [-0.05, 0) is 25.8 Å². The highest BCUT2D eigenvalue weighted by molar-refractivity contribution is 6.03. The van der Waals surface area contributed by atoms with Crippen LogP contribution in [0.25, 0.3) is 5.78 Å². The molecule has 10 heteroatoms. The second-order valence-electron chi connectivity index (χ2n) is 6.24. The standard InChI is InChI=1S/C16H19N7O3/c1-8(2)12-5-11(19-16-17-7-18-23(12)16)15(26)20-14-9(3)21-22(10(14)4)6-13(24)25/h5,7-8H,6H2,1-4H3,(H,20,26)(H,24,25). The predicted octanol–water partition coefficient (Wildman–Crippen LogP) is 1.40. The molecule has 0 radical (unpaired) electrons. The fourth-order valence-electron chi connectivity index (χ4n) is 2.70. The van der Waals surface area contributed by atoms with Gasteiger partial charge in [0.25, 0.3) is 11.7 Å². The minimum atomic E-state index is -1.01. The van der Waals surface area contributed by atoms with Crippen molar-refractivity contribution in [2.24, 2.45) is 0 Å². The zero-order chi connectivity index (χ0) is 19.0. The van der Waals surface area contributed by atoms with Crippen molar-refractivity contribution in [1.29, 1.82) is 0 Å². The van der Waals surface area contributed by atoms with E-state index < -0.39 is 11.9 Å². The molecular weight excluding hydrogens is 338 g/mol. The summed E-state index contributed by atoms with van der Waals surface area (Å²) in [6.07, 6.45) is 1.39. The zero-order valence-electron chi connectivity index (χ0n) is 14.9. The second kappa shape index (κ2) is 6.54. The van der Waals surface area contributed by atoms with Crippen molar-refractivity contribution >= 4 is 23.3 Å². The average Bonchev–Trinajstić information content (AvgIpc) is 3.13. The van der Waals surface area contributed by atoms with Crippen molar-refractivity contribution in [1.82, 2.24) is 29.4 Å². The Hall–Kier alpha value is -3.30. The molecule has 3 heterocycles. The van der Waals surface area contributed by atoms with Crippen LogP contribution in [0.15, 0.2) is 12.4 Å². The molecule has 3 aromatic rings. The van der Waals surface area contributed by atoms with E-state index in [1.54, 1.807) is 24.4 Å². The Morgan fingerprint density at radius 3 is 2.69 bits per heavy atom. The molecule has 0 fully saturated rings. The van der Waals surface area contributed by atoms with Gasteiger partial charge >= 0.3 is 5.97 Å². The predicted molar refractivity (Wildman–Crippen MR) is 92.2 cm³/mol. The van der Waals surface area contributed by atoms with Crippen LogP contribution >= 0.6 is 0 Å². The van der Waals surface area contributed by atoms with Crippen molar-refractivity contribution < 1.29 is 14.7 Å². The molecule has 136 valence electrons. The molecule has 0 aliphatic heterocycles. The van der Waals surface area contributed by atoms with Crippen LogP contribution in [-0.2, 0) is 11.3 Å². The lowest BCUT2D eigenvalue weighted by molar-refractivity contribution is -0.137. The van der Waals surface area contributed by atoms with Crippen LogP contribution in [0.2, 0.25) is 0 Å². The largest absolute Gasteiger partial charge is 0.480 e. The summed E-state index contributed by atoms with van der Waals surface area (Å²) in [6.45, 7) is 7.11. The lowest BCUT2D eigenvalue weighted by atomic mass is 10.1. The number of aromatic nitrogens is 6. The number of fused-ring (bicyclic) bond motifs is 1. The molecule has 3 rings (SSSR count). The highest BCUT2D eigenvalue weighted by Gasteiger charge is 2.19. The van der Waals surface area contributed by atoms with Gasteiger partial charge in [-0.3, -0.25) is 14.3 Å². The van der Waals surface area contributed by atoms with Gasteiger partial charge in [-0.2, -0.15) is 15.2 Å². The Morgan fingerprint density at radius 1 is 1.31 bits per heavy atom. The summed E-state index contributed by atoms with van der Waals surface area (Å²) in [5, 5.41) is 20.0. The molecule has 3 aromatic heterocycles. The number of carbonyl (C=O) groups is 2. The number of aliphatic carboxylic acids is 1. The number of nitrogens with zero attached hydrogens (tertiary/aromatic N) is 6. The van der Waals surface area contributed by atoms with E-state index in [1.807, 2.05) is 13.8 Å². The van der Waals surface area contributed by atoms with Crippen LogP contribution in [-0.4, -0.2) is 46.3 Å². The summed E-state index contributed by atoms with van der Waals surface area (Å²) in [5.41, 5.74) is 2.59. The average molecular weight is 357 g/mol. The quantitative estimate of drug-likeness (QED) is 0.706. The van der Waals surface area contributed by atoms with Crippen molar-refractivity contribution in [2.75, 3.05) is 5.32 Å². The number of hydrogen-bond acceptors (Lipinski definition) is 6. The lowest BCUT2D eigenvalue weighted by Gasteiger charge is -2.10. The number of carbonyl (C=O) groups excluding carboxylic acids is 1. The Balaban J connectivity index is 1.95. The molecule has 0 unspecified atom stereocenters. The first-order chi connectivity index (χ1) is 12.3. The van der Waals surface area contributed by atoms with Gasteiger partial charge in [0.15, 0.2) is 0 Å². The van der Waals surface area contributed by atoms with Gasteiger partial charge in [0.05, 0.1) is 22.8 Å². The van der Waals surface area contributed by atoms with E-state index in [4.69, 9.17) is 5.11 Å². The van der Waals surface area contributed by atoms with Gasteiger partial charge in [-0.25, -0.2) is 9.50 Å². The Kier molecular flexibility index (Phi) is 4.41. The number of hydrogen-bond donors (Lipinski definition) is 2. The van der Waals surface area contributed by atoms with Gasteiger partial charge in [0, 0.05) is 0 Å². The fourth-order valence-corrected chi connectivity index (χ4v) is 2.70. The van der Waals surface area contributed by atoms with Crippen LogP contribution in [0, 0.1) is 13.8 Å². The molecule has 2 N–H and O–H groups in total. The number of aryl methyl sites for hydroxylation is 1. The Bertz CT molecular complexity index is 1000. The van der Waals surface area contributed by atoms with E-state index in [2.05, 4.69) is 25.5 Å². The molecular formula is C16H19N7O3. The molecule has 0 aliphatic rings. The molecule has 0 aliphatic carbocycles. The summed E-state index contributed by atoms with van der Waals surface area (Å²) in [6, 6.07) is 1.67. The van der Waals surface area contributed by atoms with E-state index in [9.17, 15) is 9.59 Å². The maximum absolute atomic E-state index is 12.7. The highest BCUT2D eigenvalue weighted by Crippen LogP contribution is 2.21. The van der Waals surface area contributed by atoms with Crippen molar-refractivity contribution in [3.05, 3.63) is 35.2 Å². The van der Waals surface area contributed by atoms with Gasteiger partial charge < -0.3 is 10.4 Å². The molecule has 0 saturated carbocycles. The summed E-state index contributed by atoms with van der Waals surface area (Å²) < 4.78 is 2.94. The third-order valence-corrected chi connectivity index (χ3v) is 4.01. The Labute approximate surface area is 148 Å². The van der Waals surface area contributed by atoms with Gasteiger partial charge in [0.2, 0.25) is 0 Å². The van der Waals surface area contributed by atoms with Crippen LogP contribution in [0.5, 0.6) is 0 Å². The first kappa shape index (κ1) is 17.5. The number of carboxylic acid groups (broad SMARTS) is 1. The minimum Gasteiger partial charge on any atom is -0.480 e. The molecule has 0 aromatic carbocycles. The molecule has 1 amide bonds. The molecule has 26 heavy (non-hydrogen) atoms. The monoisotopic (exact) mass is 357 g/mol. The summed E-state index contributed by atoms with van der Waals surface area (Å²) >= 11 is 0. The van der Waals surface area contributed by atoms with Gasteiger partial charge in [-0.15, -0.1) is 0 Å². The summed E-state index contributed by atoms with van der Waals surface area (Å²) in [4.78, 5) is 31.9.